The molecule has 84 valence electrons. The summed E-state index contributed by atoms with van der Waals surface area (Å²) >= 11 is 0. The first-order valence-electron chi connectivity index (χ1n) is 4.53. The lowest BCUT2D eigenvalue weighted by Gasteiger charge is -2.01. The van der Waals surface area contributed by atoms with Gasteiger partial charge in [0.05, 0.1) is 6.61 Å². The topological polar surface area (TPSA) is 75.6 Å². The summed E-state index contributed by atoms with van der Waals surface area (Å²) < 4.78 is 4.72. The highest BCUT2D eigenvalue weighted by Crippen LogP contribution is 1.78. The van der Waals surface area contributed by atoms with Gasteiger partial charge in [-0.15, -0.1) is 0 Å². The summed E-state index contributed by atoms with van der Waals surface area (Å²) in [6.07, 6.45) is 6.55. The van der Waals surface area contributed by atoms with Gasteiger partial charge in [0.2, 0.25) is 5.91 Å². The molecule has 0 fully saturated rings. The molecule has 5 nitrogen and oxygen atoms in total. The number of nitrogens with one attached hydrogen (secondary N) is 1. The van der Waals surface area contributed by atoms with E-state index in [1.54, 1.807) is 18.2 Å². The number of carbonyl (C=O) groups is 2. The molecule has 0 aliphatic carbocycles. The van der Waals surface area contributed by atoms with Crippen LogP contribution in [0.5, 0.6) is 0 Å². The Morgan fingerprint density at radius 3 is 2.73 bits per heavy atom. The van der Waals surface area contributed by atoms with E-state index in [1.165, 1.54) is 6.08 Å². The Balaban J connectivity index is 3.43. The van der Waals surface area contributed by atoms with Crippen LogP contribution in [0.4, 0.5) is 0 Å². The first-order chi connectivity index (χ1) is 7.16. The second kappa shape index (κ2) is 8.96. The predicted octanol–water partition coefficient (Wildman–Crippen LogP) is 0.336. The molecule has 2 N–H and O–H groups in total. The third kappa shape index (κ3) is 10.3. The van der Waals surface area contributed by atoms with Crippen molar-refractivity contribution in [3.05, 3.63) is 24.3 Å². The number of rotatable bonds is 7. The van der Waals surface area contributed by atoms with Gasteiger partial charge in [-0.1, -0.05) is 18.2 Å². The molecule has 0 heterocycles. The first-order valence-corrected chi connectivity index (χ1v) is 4.53. The summed E-state index contributed by atoms with van der Waals surface area (Å²) in [6, 6.07) is 0. The second-order valence-electron chi connectivity index (χ2n) is 2.62. The monoisotopic (exact) mass is 213 g/mol. The summed E-state index contributed by atoms with van der Waals surface area (Å²) in [5, 5.41) is 10.8. The summed E-state index contributed by atoms with van der Waals surface area (Å²) in [6.45, 7) is 1.99. The maximum absolute atomic E-state index is 11.0. The van der Waals surface area contributed by atoms with E-state index in [9.17, 15) is 9.59 Å². The van der Waals surface area contributed by atoms with Crippen molar-refractivity contribution in [2.45, 2.75) is 6.92 Å². The fraction of sp³-hybridized carbons (Fsp3) is 0.400. The smallest absolute Gasteiger partial charge is 0.329 e. The Kier molecular flexibility index (Phi) is 7.99. The highest BCUT2D eigenvalue weighted by molar-refractivity contribution is 5.87. The number of carboxylic acid groups (broad SMARTS) is 1. The van der Waals surface area contributed by atoms with E-state index in [-0.39, 0.29) is 19.1 Å². The Morgan fingerprint density at radius 2 is 2.13 bits per heavy atom. The van der Waals surface area contributed by atoms with Gasteiger partial charge in [-0.3, -0.25) is 4.79 Å². The summed E-state index contributed by atoms with van der Waals surface area (Å²) in [7, 11) is 0. The van der Waals surface area contributed by atoms with Crippen LogP contribution in [0.2, 0.25) is 0 Å². The molecule has 0 aliphatic heterocycles. The van der Waals surface area contributed by atoms with E-state index < -0.39 is 5.97 Å². The van der Waals surface area contributed by atoms with E-state index in [2.05, 4.69) is 5.32 Å². The summed E-state index contributed by atoms with van der Waals surface area (Å²) in [4.78, 5) is 21.1. The van der Waals surface area contributed by atoms with E-state index in [1.807, 2.05) is 6.92 Å². The molecule has 0 unspecified atom stereocenters. The van der Waals surface area contributed by atoms with Crippen LogP contribution in [0.25, 0.3) is 0 Å². The first kappa shape index (κ1) is 13.4. The maximum Gasteiger partial charge on any atom is 0.329 e. The third-order valence-corrected chi connectivity index (χ3v) is 1.32. The number of hydrogen-bond acceptors (Lipinski definition) is 3. The number of allylic oxidation sites excluding steroid dienone is 3. The van der Waals surface area contributed by atoms with Crippen molar-refractivity contribution in [2.24, 2.45) is 0 Å². The van der Waals surface area contributed by atoms with Crippen LogP contribution in [-0.2, 0) is 14.3 Å². The average molecular weight is 213 g/mol. The molecular formula is C10H15NO4. The van der Waals surface area contributed by atoms with Crippen molar-refractivity contribution in [1.29, 1.82) is 0 Å². The number of carboxylic acids is 1. The predicted molar refractivity (Wildman–Crippen MR) is 55.4 cm³/mol. The standard InChI is InChI=1S/C10H15NO4/c1-2-3-4-5-9(12)11-6-7-15-8-10(13)14/h2-5H,6-8H2,1H3,(H,11,12)(H,13,14). The van der Waals surface area contributed by atoms with E-state index in [0.717, 1.165) is 0 Å². The minimum atomic E-state index is -1.02. The molecule has 0 spiro atoms. The van der Waals surface area contributed by atoms with E-state index >= 15 is 0 Å². The Bertz CT molecular complexity index is 258. The number of ether oxygens (including phenoxy) is 1. The minimum Gasteiger partial charge on any atom is -0.480 e. The van der Waals surface area contributed by atoms with Crippen LogP contribution in [0.1, 0.15) is 6.92 Å². The van der Waals surface area contributed by atoms with Crippen molar-refractivity contribution in [1.82, 2.24) is 5.32 Å². The van der Waals surface area contributed by atoms with Gasteiger partial charge in [-0.2, -0.15) is 0 Å². The van der Waals surface area contributed by atoms with Gasteiger partial charge in [0.1, 0.15) is 6.61 Å². The molecule has 0 radical (unpaired) electrons. The van der Waals surface area contributed by atoms with Crippen LogP contribution in [-0.4, -0.2) is 36.7 Å². The van der Waals surface area contributed by atoms with Crippen LogP contribution in [0, 0.1) is 0 Å². The SMILES string of the molecule is CC=CC=CC(=O)NCCOCC(=O)O. The molecular weight excluding hydrogens is 198 g/mol. The highest BCUT2D eigenvalue weighted by atomic mass is 16.5. The number of hydrogen-bond donors (Lipinski definition) is 2. The number of amides is 1. The molecule has 15 heavy (non-hydrogen) atoms. The zero-order valence-corrected chi connectivity index (χ0v) is 8.60. The van der Waals surface area contributed by atoms with Gasteiger partial charge in [0.15, 0.2) is 0 Å². The summed E-state index contributed by atoms with van der Waals surface area (Å²) in [5.41, 5.74) is 0. The molecule has 0 bridgehead atoms. The fourth-order valence-electron chi connectivity index (χ4n) is 0.719. The van der Waals surface area contributed by atoms with E-state index in [0.29, 0.717) is 6.54 Å². The van der Waals surface area contributed by atoms with E-state index in [4.69, 9.17) is 9.84 Å². The van der Waals surface area contributed by atoms with Crippen molar-refractivity contribution in [2.75, 3.05) is 19.8 Å². The molecule has 0 saturated heterocycles. The molecule has 1 amide bonds. The van der Waals surface area contributed by atoms with Gasteiger partial charge in [0, 0.05) is 12.6 Å². The molecule has 0 aromatic carbocycles. The highest BCUT2D eigenvalue weighted by Gasteiger charge is 1.96. The minimum absolute atomic E-state index is 0.190. The van der Waals surface area contributed by atoms with Crippen molar-refractivity contribution in [3.63, 3.8) is 0 Å². The van der Waals surface area contributed by atoms with Crippen molar-refractivity contribution in [3.8, 4) is 0 Å². The Labute approximate surface area is 88.4 Å². The van der Waals surface area contributed by atoms with Gasteiger partial charge in [-0.05, 0) is 6.92 Å². The molecule has 5 heteroatoms. The van der Waals surface area contributed by atoms with Crippen LogP contribution in [0.3, 0.4) is 0 Å². The fourth-order valence-corrected chi connectivity index (χ4v) is 0.719. The van der Waals surface area contributed by atoms with Crippen LogP contribution >= 0.6 is 0 Å². The maximum atomic E-state index is 11.0. The molecule has 0 aromatic rings. The van der Waals surface area contributed by atoms with Crippen molar-refractivity contribution < 1.29 is 19.4 Å². The molecule has 0 aromatic heterocycles. The number of aliphatic carboxylic acids is 1. The quantitative estimate of drug-likeness (QED) is 0.363. The van der Waals surface area contributed by atoms with Gasteiger partial charge in [0.25, 0.3) is 0 Å². The lowest BCUT2D eigenvalue weighted by atomic mass is 10.4. The largest absolute Gasteiger partial charge is 0.480 e. The zero-order valence-electron chi connectivity index (χ0n) is 8.60. The Hall–Kier alpha value is -1.62. The normalized spacial score (nSPS) is 11.0. The number of carbonyl (C=O) groups excluding carboxylic acids is 1. The lowest BCUT2D eigenvalue weighted by molar-refractivity contribution is -0.142. The zero-order chi connectivity index (χ0) is 11.5. The second-order valence-corrected chi connectivity index (χ2v) is 2.62. The van der Waals surface area contributed by atoms with Crippen molar-refractivity contribution >= 4 is 11.9 Å². The molecule has 0 rings (SSSR count). The van der Waals surface area contributed by atoms with Gasteiger partial charge >= 0.3 is 5.97 Å². The third-order valence-electron chi connectivity index (χ3n) is 1.32. The average Bonchev–Trinajstić information content (AvgIpc) is 2.17. The Morgan fingerprint density at radius 1 is 1.40 bits per heavy atom. The molecule has 0 aliphatic rings. The lowest BCUT2D eigenvalue weighted by Crippen LogP contribution is -2.26. The van der Waals surface area contributed by atoms with Gasteiger partial charge in [-0.25, -0.2) is 4.79 Å². The summed E-state index contributed by atoms with van der Waals surface area (Å²) in [5.74, 6) is -1.25. The van der Waals surface area contributed by atoms with Crippen LogP contribution in [0.15, 0.2) is 24.3 Å². The molecule has 0 atom stereocenters. The van der Waals surface area contributed by atoms with Gasteiger partial charge < -0.3 is 15.2 Å². The molecule has 0 saturated carbocycles. The van der Waals surface area contributed by atoms with Crippen LogP contribution < -0.4 is 5.32 Å².